The molecule has 3 nitrogen and oxygen atoms in total. The molecule has 1 N–H and O–H groups in total. The fourth-order valence-electron chi connectivity index (χ4n) is 1.66. The number of benzene rings is 2. The van der Waals surface area contributed by atoms with Crippen LogP contribution in [0.25, 0.3) is 0 Å². The van der Waals surface area contributed by atoms with Crippen molar-refractivity contribution in [2.45, 2.75) is 16.7 Å². The van der Waals surface area contributed by atoms with E-state index < -0.39 is 23.2 Å². The Morgan fingerprint density at radius 3 is 2.33 bits per heavy atom. The molecule has 21 heavy (non-hydrogen) atoms. The van der Waals surface area contributed by atoms with E-state index in [9.17, 15) is 18.4 Å². The second kappa shape index (κ2) is 6.05. The summed E-state index contributed by atoms with van der Waals surface area (Å²) in [6.45, 7) is 1.33. The van der Waals surface area contributed by atoms with E-state index in [4.69, 9.17) is 5.11 Å². The lowest BCUT2D eigenvalue weighted by molar-refractivity contribution is 0.0691. The third-order valence-corrected chi connectivity index (χ3v) is 3.78. The topological polar surface area (TPSA) is 54.4 Å². The number of hydrogen-bond donors (Lipinski definition) is 1. The number of Topliss-reactive ketones (excluding diaryl/α,β-unsaturated/α-hetero) is 1. The van der Waals surface area contributed by atoms with Crippen LogP contribution in [0.1, 0.15) is 27.6 Å². The number of carbonyl (C=O) groups excluding carboxylic acids is 1. The molecule has 0 spiro atoms. The number of rotatable bonds is 4. The van der Waals surface area contributed by atoms with Crippen molar-refractivity contribution in [2.24, 2.45) is 0 Å². The number of carbonyl (C=O) groups is 2. The summed E-state index contributed by atoms with van der Waals surface area (Å²) in [5, 5.41) is 8.85. The van der Waals surface area contributed by atoms with Gasteiger partial charge < -0.3 is 5.11 Å². The van der Waals surface area contributed by atoms with Gasteiger partial charge in [0.15, 0.2) is 5.78 Å². The van der Waals surface area contributed by atoms with Gasteiger partial charge in [0, 0.05) is 15.4 Å². The molecule has 0 radical (unpaired) electrons. The van der Waals surface area contributed by atoms with Crippen LogP contribution in [0.2, 0.25) is 0 Å². The molecule has 0 aliphatic carbocycles. The molecule has 2 aromatic rings. The van der Waals surface area contributed by atoms with Gasteiger partial charge in [0.05, 0.1) is 5.56 Å². The molecule has 2 rings (SSSR count). The van der Waals surface area contributed by atoms with Crippen molar-refractivity contribution in [3.8, 4) is 0 Å². The fraction of sp³-hybridized carbons (Fsp3) is 0.0667. The molecule has 0 atom stereocenters. The summed E-state index contributed by atoms with van der Waals surface area (Å²) in [4.78, 5) is 22.6. The van der Waals surface area contributed by atoms with E-state index in [2.05, 4.69) is 0 Å². The summed E-state index contributed by atoms with van der Waals surface area (Å²) < 4.78 is 27.1. The average molecular weight is 308 g/mol. The Hall–Kier alpha value is -2.21. The van der Waals surface area contributed by atoms with Gasteiger partial charge in [0.1, 0.15) is 11.6 Å². The molecule has 0 bridgehead atoms. The normalized spacial score (nSPS) is 10.4. The first-order valence-electron chi connectivity index (χ1n) is 5.89. The van der Waals surface area contributed by atoms with Crippen LogP contribution in [0.15, 0.2) is 46.2 Å². The number of aromatic carboxylic acids is 1. The van der Waals surface area contributed by atoms with Crippen LogP contribution in [0, 0.1) is 11.6 Å². The lowest BCUT2D eigenvalue weighted by Gasteiger charge is -2.06. The summed E-state index contributed by atoms with van der Waals surface area (Å²) >= 11 is 0.959. The van der Waals surface area contributed by atoms with E-state index in [-0.39, 0.29) is 16.2 Å². The Labute approximate surface area is 123 Å². The van der Waals surface area contributed by atoms with Gasteiger partial charge in [0.25, 0.3) is 0 Å². The first-order chi connectivity index (χ1) is 9.88. The zero-order valence-corrected chi connectivity index (χ0v) is 11.7. The lowest BCUT2D eigenvalue weighted by atomic mass is 10.1. The standard InChI is InChI=1S/C15H10F2O3S/c1-8(18)9-2-5-14(13(17)6-9)21-10-3-4-12(16)11(7-10)15(19)20/h2-7H,1H3,(H,19,20). The first-order valence-corrected chi connectivity index (χ1v) is 6.71. The maximum atomic E-state index is 13.9. The largest absolute Gasteiger partial charge is 0.478 e. The van der Waals surface area contributed by atoms with Crippen LogP contribution in [0.4, 0.5) is 8.78 Å². The van der Waals surface area contributed by atoms with E-state index in [1.807, 2.05) is 0 Å². The van der Waals surface area contributed by atoms with Gasteiger partial charge in [-0.2, -0.15) is 0 Å². The molecule has 6 heteroatoms. The molecule has 0 fully saturated rings. The fourth-order valence-corrected chi connectivity index (χ4v) is 2.52. The molecule has 0 aliphatic heterocycles. The second-order valence-corrected chi connectivity index (χ2v) is 5.37. The third-order valence-electron chi connectivity index (χ3n) is 2.73. The monoisotopic (exact) mass is 308 g/mol. The SMILES string of the molecule is CC(=O)c1ccc(Sc2ccc(F)c(C(=O)O)c2)c(F)c1. The van der Waals surface area contributed by atoms with Gasteiger partial charge in [-0.1, -0.05) is 17.8 Å². The number of halogens is 2. The minimum atomic E-state index is -1.39. The zero-order chi connectivity index (χ0) is 15.6. The van der Waals surface area contributed by atoms with E-state index in [0.717, 1.165) is 30.0 Å². The quantitative estimate of drug-likeness (QED) is 0.867. The van der Waals surface area contributed by atoms with Crippen LogP contribution in [-0.2, 0) is 0 Å². The molecule has 0 saturated heterocycles. The summed E-state index contributed by atoms with van der Waals surface area (Å²) in [5.41, 5.74) is -0.219. The molecule has 0 unspecified atom stereocenters. The summed E-state index contributed by atoms with van der Waals surface area (Å²) in [6.07, 6.45) is 0. The highest BCUT2D eigenvalue weighted by atomic mass is 32.2. The van der Waals surface area contributed by atoms with E-state index in [1.54, 1.807) is 0 Å². The second-order valence-electron chi connectivity index (χ2n) is 4.25. The van der Waals surface area contributed by atoms with Crippen molar-refractivity contribution in [1.82, 2.24) is 0 Å². The van der Waals surface area contributed by atoms with Crippen LogP contribution in [-0.4, -0.2) is 16.9 Å². The Morgan fingerprint density at radius 1 is 1.05 bits per heavy atom. The smallest absolute Gasteiger partial charge is 0.338 e. The number of carboxylic acid groups (broad SMARTS) is 1. The molecule has 108 valence electrons. The predicted molar refractivity (Wildman–Crippen MR) is 73.9 cm³/mol. The number of carboxylic acids is 1. The molecule has 2 aromatic carbocycles. The minimum Gasteiger partial charge on any atom is -0.478 e. The summed E-state index contributed by atoms with van der Waals surface area (Å²) in [7, 11) is 0. The highest BCUT2D eigenvalue weighted by molar-refractivity contribution is 7.99. The van der Waals surface area contributed by atoms with Gasteiger partial charge in [-0.05, 0) is 37.3 Å². The van der Waals surface area contributed by atoms with Gasteiger partial charge in [-0.3, -0.25) is 4.79 Å². The molecule has 0 aliphatic rings. The zero-order valence-electron chi connectivity index (χ0n) is 10.9. The van der Waals surface area contributed by atoms with Crippen molar-refractivity contribution in [1.29, 1.82) is 0 Å². The van der Waals surface area contributed by atoms with Crippen molar-refractivity contribution >= 4 is 23.5 Å². The van der Waals surface area contributed by atoms with Gasteiger partial charge in [-0.15, -0.1) is 0 Å². The third kappa shape index (κ3) is 3.46. The summed E-state index contributed by atoms with van der Waals surface area (Å²) in [6, 6.07) is 7.56. The van der Waals surface area contributed by atoms with Crippen molar-refractivity contribution in [3.63, 3.8) is 0 Å². The van der Waals surface area contributed by atoms with Gasteiger partial charge in [-0.25, -0.2) is 13.6 Å². The minimum absolute atomic E-state index is 0.225. The average Bonchev–Trinajstić information content (AvgIpc) is 2.42. The van der Waals surface area contributed by atoms with Gasteiger partial charge >= 0.3 is 5.97 Å². The highest BCUT2D eigenvalue weighted by Gasteiger charge is 2.13. The Kier molecular flexibility index (Phi) is 4.37. The van der Waals surface area contributed by atoms with Crippen LogP contribution in [0.3, 0.4) is 0 Å². The Morgan fingerprint density at radius 2 is 1.76 bits per heavy atom. The molecule has 0 aromatic heterocycles. The van der Waals surface area contributed by atoms with E-state index in [1.165, 1.54) is 25.1 Å². The molecule has 0 heterocycles. The maximum absolute atomic E-state index is 13.9. The van der Waals surface area contributed by atoms with Crippen molar-refractivity contribution in [3.05, 3.63) is 59.2 Å². The molecule has 0 saturated carbocycles. The van der Waals surface area contributed by atoms with Crippen molar-refractivity contribution < 1.29 is 23.5 Å². The van der Waals surface area contributed by atoms with Crippen LogP contribution < -0.4 is 0 Å². The van der Waals surface area contributed by atoms with E-state index >= 15 is 0 Å². The van der Waals surface area contributed by atoms with Crippen LogP contribution >= 0.6 is 11.8 Å². The van der Waals surface area contributed by atoms with Crippen molar-refractivity contribution in [2.75, 3.05) is 0 Å². The number of ketones is 1. The van der Waals surface area contributed by atoms with E-state index in [0.29, 0.717) is 4.90 Å². The number of hydrogen-bond acceptors (Lipinski definition) is 3. The molecular weight excluding hydrogens is 298 g/mol. The summed E-state index contributed by atoms with van der Waals surface area (Å²) in [5.74, 6) is -3.07. The Bertz CT molecular complexity index is 729. The lowest BCUT2D eigenvalue weighted by Crippen LogP contribution is -2.00. The Balaban J connectivity index is 2.32. The first kappa shape index (κ1) is 15.2. The van der Waals surface area contributed by atoms with Gasteiger partial charge in [0.2, 0.25) is 0 Å². The maximum Gasteiger partial charge on any atom is 0.338 e. The highest BCUT2D eigenvalue weighted by Crippen LogP contribution is 2.31. The molecule has 0 amide bonds. The molecular formula is C15H10F2O3S. The van der Waals surface area contributed by atoms with Crippen LogP contribution in [0.5, 0.6) is 0 Å². The predicted octanol–water partition coefficient (Wildman–Crippen LogP) is 4.02.